The molecule has 2 heterocycles. The third-order valence-corrected chi connectivity index (χ3v) is 10.8. The van der Waals surface area contributed by atoms with E-state index >= 15 is 0 Å². The monoisotopic (exact) mass is 767 g/mol. The summed E-state index contributed by atoms with van der Waals surface area (Å²) in [5.74, 6) is 0. The van der Waals surface area contributed by atoms with Crippen molar-refractivity contribution in [1.29, 1.82) is 26.3 Å². The number of aryl methyl sites for hydroxylation is 1. The Labute approximate surface area is 334 Å². The van der Waals surface area contributed by atoms with Gasteiger partial charge in [-0.25, -0.2) is 0 Å². The number of nitrogens with zero attached hydrogens (tertiary/aromatic N) is 7. The van der Waals surface area contributed by atoms with Gasteiger partial charge in [0.15, 0.2) is 0 Å². The number of hydrogen-bond acceptors (Lipinski definition) is 5. The summed E-state index contributed by atoms with van der Waals surface area (Å²) in [5, 5.41) is 53.0. The summed E-state index contributed by atoms with van der Waals surface area (Å²) in [6, 6.07) is 46.4. The van der Waals surface area contributed by atoms with Crippen molar-refractivity contribution < 1.29 is 13.2 Å². The Hall–Kier alpha value is -8.62. The zero-order valence-corrected chi connectivity index (χ0v) is 30.9. The fraction of sp³-hybridized carbons (Fsp3) is 0.0408. The number of aromatic nitrogens is 2. The highest BCUT2D eigenvalue weighted by Crippen LogP contribution is 2.46. The van der Waals surface area contributed by atoms with Crippen LogP contribution in [0.4, 0.5) is 13.2 Å². The molecule has 0 amide bonds. The van der Waals surface area contributed by atoms with E-state index in [2.05, 4.69) is 30.3 Å². The lowest BCUT2D eigenvalue weighted by molar-refractivity contribution is -0.137. The van der Waals surface area contributed by atoms with E-state index in [0.29, 0.717) is 93.9 Å². The molecule has 0 saturated carbocycles. The van der Waals surface area contributed by atoms with Crippen molar-refractivity contribution >= 4 is 43.6 Å². The van der Waals surface area contributed by atoms with Crippen LogP contribution in [0, 0.1) is 63.6 Å². The maximum atomic E-state index is 14.7. The predicted octanol–water partition coefficient (Wildman–Crippen LogP) is 11.9. The van der Waals surface area contributed by atoms with E-state index in [1.807, 2.05) is 15.2 Å². The number of nitriles is 5. The molecule has 0 aliphatic carbocycles. The standard InChI is InChI=1S/C49H24F3N7/c1-28-4-2-6-40(49(50,51)52)47(28)33-12-17-45(58-41-13-8-29(23-53)18-35(41)36-19-30(24-54)9-14-42(36)58)39(22-33)48-34(27-57)5-3-7-46(48)59-43-15-10-31(25-55)20-37(43)38-21-32(26-56)11-16-44(38)59/h2-22H,1H3. The van der Waals surface area contributed by atoms with Crippen molar-refractivity contribution in [1.82, 2.24) is 9.13 Å². The van der Waals surface area contributed by atoms with Crippen molar-refractivity contribution in [3.05, 3.63) is 166 Å². The first-order valence-corrected chi connectivity index (χ1v) is 18.2. The normalized spacial score (nSPS) is 11.3. The van der Waals surface area contributed by atoms with E-state index in [0.717, 1.165) is 6.07 Å². The highest BCUT2D eigenvalue weighted by Gasteiger charge is 2.34. The maximum absolute atomic E-state index is 14.7. The molecule has 276 valence electrons. The molecule has 0 bridgehead atoms. The van der Waals surface area contributed by atoms with E-state index in [-0.39, 0.29) is 16.7 Å². The number of fused-ring (bicyclic) bond motifs is 6. The van der Waals surface area contributed by atoms with Crippen LogP contribution in [-0.4, -0.2) is 9.13 Å². The summed E-state index contributed by atoms with van der Waals surface area (Å²) in [6.07, 6.45) is -4.67. The lowest BCUT2D eigenvalue weighted by Gasteiger charge is -2.22. The molecular weight excluding hydrogens is 744 g/mol. The van der Waals surface area contributed by atoms with Gasteiger partial charge in [-0.05, 0) is 127 Å². The minimum Gasteiger partial charge on any atom is -0.309 e. The Morgan fingerprint density at radius 2 is 0.915 bits per heavy atom. The van der Waals surface area contributed by atoms with Gasteiger partial charge in [0.25, 0.3) is 0 Å². The topological polar surface area (TPSA) is 129 Å². The molecule has 10 heteroatoms. The van der Waals surface area contributed by atoms with Crippen LogP contribution in [0.3, 0.4) is 0 Å². The SMILES string of the molecule is Cc1cccc(C(F)(F)F)c1-c1ccc(-n2c3ccc(C#N)cc3c3cc(C#N)ccc32)c(-c2c(C#N)cccc2-n2c3ccc(C#N)cc3c3cc(C#N)ccc32)c1. The molecule has 0 radical (unpaired) electrons. The third-order valence-electron chi connectivity index (χ3n) is 10.8. The number of halogens is 3. The molecule has 0 unspecified atom stereocenters. The van der Waals surface area contributed by atoms with Crippen molar-refractivity contribution in [3.63, 3.8) is 0 Å². The molecular formula is C49H24F3N7. The van der Waals surface area contributed by atoms with Gasteiger partial charge in [0.2, 0.25) is 0 Å². The van der Waals surface area contributed by atoms with Gasteiger partial charge < -0.3 is 9.13 Å². The van der Waals surface area contributed by atoms with Crippen LogP contribution in [0.15, 0.2) is 127 Å². The molecule has 0 fully saturated rings. The summed E-state index contributed by atoms with van der Waals surface area (Å²) in [7, 11) is 0. The fourth-order valence-corrected chi connectivity index (χ4v) is 8.32. The number of benzene rings is 7. The number of alkyl halides is 3. The molecule has 0 saturated heterocycles. The third kappa shape index (κ3) is 5.63. The molecule has 0 atom stereocenters. The highest BCUT2D eigenvalue weighted by molar-refractivity contribution is 6.12. The molecule has 0 N–H and O–H groups in total. The lowest BCUT2D eigenvalue weighted by Crippen LogP contribution is -2.09. The van der Waals surface area contributed by atoms with E-state index in [1.165, 1.54) is 6.07 Å². The van der Waals surface area contributed by atoms with Crippen molar-refractivity contribution in [2.45, 2.75) is 13.1 Å². The first kappa shape index (κ1) is 36.0. The Bertz CT molecular complexity index is 3370. The zero-order chi connectivity index (χ0) is 41.2. The van der Waals surface area contributed by atoms with Gasteiger partial charge in [0, 0.05) is 32.7 Å². The lowest BCUT2D eigenvalue weighted by atomic mass is 9.89. The summed E-state index contributed by atoms with van der Waals surface area (Å²) in [5.41, 5.74) is 6.27. The molecule has 7 nitrogen and oxygen atoms in total. The van der Waals surface area contributed by atoms with Gasteiger partial charge in [0.1, 0.15) is 0 Å². The second-order valence-corrected chi connectivity index (χ2v) is 14.1. The van der Waals surface area contributed by atoms with Gasteiger partial charge in [-0.3, -0.25) is 0 Å². The summed E-state index contributed by atoms with van der Waals surface area (Å²) in [4.78, 5) is 0. The Morgan fingerprint density at radius 3 is 1.36 bits per heavy atom. The van der Waals surface area contributed by atoms with Crippen LogP contribution in [0.25, 0.3) is 77.2 Å². The molecule has 9 aromatic rings. The average Bonchev–Trinajstić information content (AvgIpc) is 3.76. The average molecular weight is 768 g/mol. The minimum atomic E-state index is -4.67. The van der Waals surface area contributed by atoms with Gasteiger partial charge in [0.05, 0.1) is 97.2 Å². The van der Waals surface area contributed by atoms with E-state index in [1.54, 1.807) is 116 Å². The summed E-state index contributed by atoms with van der Waals surface area (Å²) in [6.45, 7) is 1.63. The molecule has 59 heavy (non-hydrogen) atoms. The Balaban J connectivity index is 1.47. The van der Waals surface area contributed by atoms with Crippen LogP contribution in [0.2, 0.25) is 0 Å². The van der Waals surface area contributed by atoms with Crippen LogP contribution in [0.1, 0.15) is 38.9 Å². The number of rotatable bonds is 4. The van der Waals surface area contributed by atoms with Gasteiger partial charge in [-0.1, -0.05) is 24.3 Å². The highest BCUT2D eigenvalue weighted by atomic mass is 19.4. The first-order valence-electron chi connectivity index (χ1n) is 18.2. The molecule has 0 aliphatic heterocycles. The smallest absolute Gasteiger partial charge is 0.309 e. The largest absolute Gasteiger partial charge is 0.417 e. The summed E-state index contributed by atoms with van der Waals surface area (Å²) < 4.78 is 48.1. The Morgan fingerprint density at radius 1 is 0.458 bits per heavy atom. The van der Waals surface area contributed by atoms with Crippen LogP contribution < -0.4 is 0 Å². The van der Waals surface area contributed by atoms with Crippen LogP contribution in [0.5, 0.6) is 0 Å². The first-order chi connectivity index (χ1) is 28.6. The van der Waals surface area contributed by atoms with Gasteiger partial charge in [-0.2, -0.15) is 39.5 Å². The second-order valence-electron chi connectivity index (χ2n) is 14.1. The van der Waals surface area contributed by atoms with E-state index < -0.39 is 11.7 Å². The van der Waals surface area contributed by atoms with E-state index in [4.69, 9.17) is 0 Å². The Kier molecular flexibility index (Phi) is 8.27. The van der Waals surface area contributed by atoms with Gasteiger partial charge >= 0.3 is 6.18 Å². The molecule has 0 spiro atoms. The van der Waals surface area contributed by atoms with Crippen molar-refractivity contribution in [3.8, 4) is 64.0 Å². The maximum Gasteiger partial charge on any atom is 0.417 e. The van der Waals surface area contributed by atoms with E-state index in [9.17, 15) is 39.5 Å². The quantitative estimate of drug-likeness (QED) is 0.176. The fourth-order valence-electron chi connectivity index (χ4n) is 8.32. The van der Waals surface area contributed by atoms with Crippen LogP contribution in [-0.2, 0) is 6.18 Å². The second kappa shape index (κ2) is 13.5. The van der Waals surface area contributed by atoms with Crippen LogP contribution >= 0.6 is 0 Å². The van der Waals surface area contributed by atoms with Gasteiger partial charge in [-0.15, -0.1) is 0 Å². The summed E-state index contributed by atoms with van der Waals surface area (Å²) >= 11 is 0. The zero-order valence-electron chi connectivity index (χ0n) is 30.9. The number of hydrogen-bond donors (Lipinski definition) is 0. The molecule has 0 aliphatic rings. The molecule has 2 aromatic heterocycles. The molecule has 7 aromatic carbocycles. The molecule has 9 rings (SSSR count). The van der Waals surface area contributed by atoms with Crippen molar-refractivity contribution in [2.24, 2.45) is 0 Å². The van der Waals surface area contributed by atoms with Crippen molar-refractivity contribution in [2.75, 3.05) is 0 Å². The predicted molar refractivity (Wildman–Crippen MR) is 219 cm³/mol. The minimum absolute atomic E-state index is 0.00624.